The number of piperidine rings is 1. The Morgan fingerprint density at radius 2 is 2.15 bits per heavy atom. The van der Waals surface area contributed by atoms with Gasteiger partial charge in [0.05, 0.1) is 6.54 Å². The molecule has 0 aromatic carbocycles. The van der Waals surface area contributed by atoms with Crippen molar-refractivity contribution in [3.05, 3.63) is 13.2 Å². The molecular weight excluding hydrogens is 170 g/mol. The number of carboxylic acid groups (broad SMARTS) is 1. The van der Waals surface area contributed by atoms with Crippen molar-refractivity contribution in [3.8, 4) is 0 Å². The summed E-state index contributed by atoms with van der Waals surface area (Å²) in [5, 5.41) is 8.52. The number of nitrogens with zero attached hydrogens (tertiary/aromatic N) is 1. The lowest BCUT2D eigenvalue weighted by Gasteiger charge is -2.26. The first-order chi connectivity index (χ1) is 6.11. The number of likely N-dealkylation sites (tertiary alicyclic amines) is 1. The van der Waals surface area contributed by atoms with E-state index in [2.05, 4.69) is 13.2 Å². The van der Waals surface area contributed by atoms with E-state index in [-0.39, 0.29) is 18.2 Å². The van der Waals surface area contributed by atoms with Gasteiger partial charge < -0.3 is 10.0 Å². The summed E-state index contributed by atoms with van der Waals surface area (Å²) in [6, 6.07) is 0. The van der Waals surface area contributed by atoms with E-state index in [0.29, 0.717) is 13.0 Å². The van der Waals surface area contributed by atoms with Crippen LogP contribution in [0.15, 0.2) is 13.2 Å². The van der Waals surface area contributed by atoms with Gasteiger partial charge in [-0.1, -0.05) is 6.92 Å². The lowest BCUT2D eigenvalue weighted by atomic mass is 9.98. The van der Waals surface area contributed by atoms with Crippen LogP contribution in [0.2, 0.25) is 0 Å². The van der Waals surface area contributed by atoms with E-state index in [0.717, 1.165) is 4.90 Å². The fourth-order valence-corrected chi connectivity index (χ4v) is 1.10. The van der Waals surface area contributed by atoms with Crippen molar-refractivity contribution in [2.45, 2.75) is 13.3 Å². The van der Waals surface area contributed by atoms with Crippen molar-refractivity contribution in [2.24, 2.45) is 5.92 Å². The highest BCUT2D eigenvalue weighted by atomic mass is 16.4. The Labute approximate surface area is 77.8 Å². The van der Waals surface area contributed by atoms with Crippen LogP contribution < -0.4 is 0 Å². The molecule has 1 rings (SSSR count). The molecule has 4 heteroatoms. The van der Waals surface area contributed by atoms with Crippen LogP contribution in [0.25, 0.3) is 0 Å². The molecule has 74 valence electrons. The van der Waals surface area contributed by atoms with Gasteiger partial charge in [0.25, 0.3) is 0 Å². The van der Waals surface area contributed by atoms with Crippen molar-refractivity contribution in [2.75, 3.05) is 13.1 Å². The lowest BCUT2D eigenvalue weighted by molar-refractivity contribution is -0.125. The van der Waals surface area contributed by atoms with Gasteiger partial charge in [-0.2, -0.15) is 0 Å². The molecule has 1 amide bonds. The Hall–Kier alpha value is -1.32. The largest absolute Gasteiger partial charge is 0.465 e. The van der Waals surface area contributed by atoms with Gasteiger partial charge in [-0.25, -0.2) is 4.79 Å². The summed E-state index contributed by atoms with van der Waals surface area (Å²) in [4.78, 5) is 22.5. The average Bonchev–Trinajstić information content (AvgIpc) is 2.13. The van der Waals surface area contributed by atoms with E-state index in [1.165, 1.54) is 0 Å². The van der Waals surface area contributed by atoms with Gasteiger partial charge in [-0.3, -0.25) is 4.79 Å². The molecule has 0 saturated carbocycles. The van der Waals surface area contributed by atoms with Crippen molar-refractivity contribution in [1.29, 1.82) is 0 Å². The second kappa shape index (κ2) is 5.35. The highest BCUT2D eigenvalue weighted by Crippen LogP contribution is 2.12. The summed E-state index contributed by atoms with van der Waals surface area (Å²) in [5.41, 5.74) is 0. The maximum Gasteiger partial charge on any atom is 0.407 e. The lowest BCUT2D eigenvalue weighted by Crippen LogP contribution is -2.42. The SMILES string of the molecule is C=C.CC1CCN(C(=O)O)CC1=O. The minimum atomic E-state index is -0.995. The van der Waals surface area contributed by atoms with Crippen LogP contribution in [0.1, 0.15) is 13.3 Å². The second-order valence-electron chi connectivity index (χ2n) is 2.86. The summed E-state index contributed by atoms with van der Waals surface area (Å²) in [6.45, 7) is 8.39. The summed E-state index contributed by atoms with van der Waals surface area (Å²) >= 11 is 0. The third-order valence-electron chi connectivity index (χ3n) is 2.00. The van der Waals surface area contributed by atoms with Crippen LogP contribution in [-0.4, -0.2) is 35.0 Å². The normalized spacial score (nSPS) is 21.8. The van der Waals surface area contributed by atoms with Gasteiger partial charge in [0.15, 0.2) is 5.78 Å². The zero-order valence-corrected chi connectivity index (χ0v) is 7.82. The van der Waals surface area contributed by atoms with E-state index in [4.69, 9.17) is 5.11 Å². The average molecular weight is 185 g/mol. The monoisotopic (exact) mass is 185 g/mol. The molecule has 1 unspecified atom stereocenters. The first kappa shape index (κ1) is 11.7. The molecule has 13 heavy (non-hydrogen) atoms. The minimum Gasteiger partial charge on any atom is -0.465 e. The molecule has 1 saturated heterocycles. The van der Waals surface area contributed by atoms with Crippen molar-refractivity contribution >= 4 is 11.9 Å². The zero-order chi connectivity index (χ0) is 10.4. The number of hydrogen-bond donors (Lipinski definition) is 1. The van der Waals surface area contributed by atoms with Gasteiger partial charge in [0.1, 0.15) is 0 Å². The summed E-state index contributed by atoms with van der Waals surface area (Å²) in [5.74, 6) is 0.0595. The van der Waals surface area contributed by atoms with Crippen LogP contribution in [0.5, 0.6) is 0 Å². The number of ketones is 1. The van der Waals surface area contributed by atoms with Crippen LogP contribution >= 0.6 is 0 Å². The van der Waals surface area contributed by atoms with Crippen LogP contribution in [0.4, 0.5) is 4.79 Å². The summed E-state index contributed by atoms with van der Waals surface area (Å²) < 4.78 is 0. The highest BCUT2D eigenvalue weighted by Gasteiger charge is 2.25. The van der Waals surface area contributed by atoms with Crippen molar-refractivity contribution < 1.29 is 14.7 Å². The van der Waals surface area contributed by atoms with Gasteiger partial charge >= 0.3 is 6.09 Å². The topological polar surface area (TPSA) is 57.6 Å². The molecule has 0 aromatic rings. The molecule has 0 radical (unpaired) electrons. The van der Waals surface area contributed by atoms with Crippen LogP contribution in [0.3, 0.4) is 0 Å². The molecule has 0 spiro atoms. The molecule has 1 N–H and O–H groups in total. The number of Topliss-reactive ketones (excluding diaryl/α,β-unsaturated/α-hetero) is 1. The molecule has 1 atom stereocenters. The number of hydrogen-bond acceptors (Lipinski definition) is 2. The molecular formula is C9H15NO3. The zero-order valence-electron chi connectivity index (χ0n) is 7.82. The Bertz CT molecular complexity index is 203. The summed E-state index contributed by atoms with van der Waals surface area (Å²) in [6.07, 6.45) is -0.337. The van der Waals surface area contributed by atoms with Gasteiger partial charge in [-0.15, -0.1) is 13.2 Å². The Kier molecular flexibility index (Phi) is 4.80. The number of rotatable bonds is 0. The van der Waals surface area contributed by atoms with E-state index in [1.54, 1.807) is 0 Å². The highest BCUT2D eigenvalue weighted by molar-refractivity contribution is 5.86. The third kappa shape index (κ3) is 3.27. The number of carbonyl (C=O) groups is 2. The Balaban J connectivity index is 0.000000671. The Morgan fingerprint density at radius 3 is 2.54 bits per heavy atom. The van der Waals surface area contributed by atoms with Gasteiger partial charge in [0, 0.05) is 12.5 Å². The quantitative estimate of drug-likeness (QED) is 0.580. The smallest absolute Gasteiger partial charge is 0.407 e. The van der Waals surface area contributed by atoms with E-state index < -0.39 is 6.09 Å². The first-order valence-electron chi connectivity index (χ1n) is 4.12. The molecule has 1 fully saturated rings. The van der Waals surface area contributed by atoms with Crippen molar-refractivity contribution in [3.63, 3.8) is 0 Å². The molecule has 4 nitrogen and oxygen atoms in total. The van der Waals surface area contributed by atoms with Gasteiger partial charge in [0.2, 0.25) is 0 Å². The maximum atomic E-state index is 11.0. The Morgan fingerprint density at radius 1 is 1.62 bits per heavy atom. The molecule has 1 aliphatic rings. The predicted molar refractivity (Wildman–Crippen MR) is 49.6 cm³/mol. The first-order valence-corrected chi connectivity index (χ1v) is 4.12. The second-order valence-corrected chi connectivity index (χ2v) is 2.86. The van der Waals surface area contributed by atoms with Crippen LogP contribution in [-0.2, 0) is 4.79 Å². The molecule has 0 aliphatic carbocycles. The molecule has 0 bridgehead atoms. The van der Waals surface area contributed by atoms with E-state index in [9.17, 15) is 9.59 Å². The van der Waals surface area contributed by atoms with Crippen LogP contribution in [0, 0.1) is 5.92 Å². The third-order valence-corrected chi connectivity index (χ3v) is 2.00. The molecule has 1 aliphatic heterocycles. The minimum absolute atomic E-state index is 0.0265. The fraction of sp³-hybridized carbons (Fsp3) is 0.556. The standard InChI is InChI=1S/C7H11NO3.C2H4/c1-5-2-3-8(7(10)11)4-6(5)9;1-2/h5H,2-4H2,1H3,(H,10,11);1-2H2. The fourth-order valence-electron chi connectivity index (χ4n) is 1.10. The number of amides is 1. The maximum absolute atomic E-state index is 11.0. The molecule has 1 heterocycles. The predicted octanol–water partition coefficient (Wildman–Crippen LogP) is 1.38. The van der Waals surface area contributed by atoms with E-state index in [1.807, 2.05) is 6.92 Å². The van der Waals surface area contributed by atoms with Crippen molar-refractivity contribution in [1.82, 2.24) is 4.90 Å². The van der Waals surface area contributed by atoms with Gasteiger partial charge in [-0.05, 0) is 6.42 Å². The number of carbonyl (C=O) groups excluding carboxylic acids is 1. The summed E-state index contributed by atoms with van der Waals surface area (Å²) in [7, 11) is 0. The van der Waals surface area contributed by atoms with E-state index >= 15 is 0 Å². The molecule has 0 aromatic heterocycles.